The topological polar surface area (TPSA) is 0 Å². The Bertz CT molecular complexity index is 226. The van der Waals surface area contributed by atoms with Crippen LogP contribution in [0.2, 0.25) is 0 Å². The molecule has 1 radical (unpaired) electrons. The largest absolute Gasteiger partial charge is 0.0648 e. The van der Waals surface area contributed by atoms with E-state index in [1.165, 1.54) is 44.9 Å². The minimum absolute atomic E-state index is 0.642. The molecule has 2 bridgehead atoms. The molecular formula is C15H27. The van der Waals surface area contributed by atoms with Gasteiger partial charge in [0.25, 0.3) is 0 Å². The first-order valence-corrected chi connectivity index (χ1v) is 7.05. The van der Waals surface area contributed by atoms with Crippen LogP contribution in [-0.4, -0.2) is 0 Å². The highest BCUT2D eigenvalue weighted by Crippen LogP contribution is 2.71. The van der Waals surface area contributed by atoms with Crippen molar-refractivity contribution in [1.29, 1.82) is 0 Å². The van der Waals surface area contributed by atoms with Crippen molar-refractivity contribution in [2.24, 2.45) is 16.7 Å². The molecule has 2 atom stereocenters. The van der Waals surface area contributed by atoms with E-state index in [9.17, 15) is 0 Å². The van der Waals surface area contributed by atoms with Crippen LogP contribution in [0.15, 0.2) is 0 Å². The first kappa shape index (κ1) is 11.5. The highest BCUT2D eigenvalue weighted by Gasteiger charge is 2.62. The second kappa shape index (κ2) is 3.79. The molecule has 0 aromatic rings. The highest BCUT2D eigenvalue weighted by molar-refractivity contribution is 5.27. The molecule has 0 saturated heterocycles. The number of rotatable bonds is 4. The second-order valence-electron chi connectivity index (χ2n) is 5.77. The lowest BCUT2D eigenvalue weighted by Gasteiger charge is -2.47. The summed E-state index contributed by atoms with van der Waals surface area (Å²) >= 11 is 0. The fourth-order valence-corrected chi connectivity index (χ4v) is 5.16. The fourth-order valence-electron chi connectivity index (χ4n) is 5.16. The van der Waals surface area contributed by atoms with Crippen molar-refractivity contribution in [1.82, 2.24) is 0 Å². The van der Waals surface area contributed by atoms with Gasteiger partial charge in [-0.15, -0.1) is 0 Å². The number of fused-ring (bicyclic) bond motifs is 2. The van der Waals surface area contributed by atoms with Gasteiger partial charge in [0.05, 0.1) is 0 Å². The van der Waals surface area contributed by atoms with Gasteiger partial charge in [-0.2, -0.15) is 0 Å². The predicted molar refractivity (Wildman–Crippen MR) is 66.6 cm³/mol. The average molecular weight is 207 g/mol. The molecule has 0 aromatic carbocycles. The van der Waals surface area contributed by atoms with Crippen molar-refractivity contribution in [3.63, 3.8) is 0 Å². The van der Waals surface area contributed by atoms with E-state index in [1.54, 1.807) is 0 Å². The van der Waals surface area contributed by atoms with Crippen LogP contribution in [0.1, 0.15) is 72.6 Å². The number of hydrogen-bond acceptors (Lipinski definition) is 0. The van der Waals surface area contributed by atoms with Crippen molar-refractivity contribution >= 4 is 0 Å². The molecule has 2 unspecified atom stereocenters. The maximum absolute atomic E-state index is 2.42. The van der Waals surface area contributed by atoms with E-state index in [0.717, 1.165) is 5.92 Å². The van der Waals surface area contributed by atoms with Gasteiger partial charge in [-0.05, 0) is 67.6 Å². The fraction of sp³-hybridized carbons (Fsp3) is 0.933. The van der Waals surface area contributed by atoms with E-state index >= 15 is 0 Å². The summed E-state index contributed by atoms with van der Waals surface area (Å²) in [7, 11) is 0. The van der Waals surface area contributed by atoms with Crippen molar-refractivity contribution in [3.8, 4) is 0 Å². The Labute approximate surface area is 95.8 Å². The summed E-state index contributed by atoms with van der Waals surface area (Å²) in [5, 5.41) is 0. The van der Waals surface area contributed by atoms with E-state index < -0.39 is 0 Å². The molecule has 2 aliphatic rings. The van der Waals surface area contributed by atoms with Gasteiger partial charge in [-0.1, -0.05) is 27.7 Å². The molecule has 87 valence electrons. The van der Waals surface area contributed by atoms with Crippen LogP contribution in [-0.2, 0) is 0 Å². The zero-order valence-corrected chi connectivity index (χ0v) is 11.0. The van der Waals surface area contributed by atoms with Gasteiger partial charge in [0.1, 0.15) is 0 Å². The smallest absolute Gasteiger partial charge is 0.0118 e. The van der Waals surface area contributed by atoms with Crippen molar-refractivity contribution in [2.75, 3.05) is 0 Å². The summed E-state index contributed by atoms with van der Waals surface area (Å²) in [5.74, 6) is 2.99. The molecular weight excluding hydrogens is 180 g/mol. The van der Waals surface area contributed by atoms with E-state index in [1.807, 2.05) is 5.92 Å². The van der Waals surface area contributed by atoms with Crippen LogP contribution in [0, 0.1) is 22.7 Å². The van der Waals surface area contributed by atoms with Crippen LogP contribution >= 0.6 is 0 Å². The first-order chi connectivity index (χ1) is 7.19. The minimum atomic E-state index is 0.642. The Morgan fingerprint density at radius 1 is 1.07 bits per heavy atom. The molecule has 2 fully saturated rings. The van der Waals surface area contributed by atoms with Crippen LogP contribution in [0.5, 0.6) is 0 Å². The van der Waals surface area contributed by atoms with E-state index in [4.69, 9.17) is 0 Å². The van der Waals surface area contributed by atoms with E-state index in [0.29, 0.717) is 10.8 Å². The molecule has 0 nitrogen and oxygen atoms in total. The third kappa shape index (κ3) is 1.26. The lowest BCUT2D eigenvalue weighted by Crippen LogP contribution is -2.37. The molecule has 0 spiro atoms. The standard InChI is InChI=1S/C15H27/c1-5-13-14(6-2)10-9-12(11-14)15(13,7-3)8-4/h12H,5-11H2,1-4H3. The lowest BCUT2D eigenvalue weighted by molar-refractivity contribution is 0.143. The minimum Gasteiger partial charge on any atom is -0.0648 e. The van der Waals surface area contributed by atoms with Crippen LogP contribution in [0.3, 0.4) is 0 Å². The zero-order valence-electron chi connectivity index (χ0n) is 11.0. The van der Waals surface area contributed by atoms with Gasteiger partial charge >= 0.3 is 0 Å². The maximum atomic E-state index is 2.42. The summed E-state index contributed by atoms with van der Waals surface area (Å²) in [5.41, 5.74) is 1.31. The SMILES string of the molecule is CC[C]1C2(CC)CCC(C2)C1(CC)CC. The molecule has 0 N–H and O–H groups in total. The highest BCUT2D eigenvalue weighted by atomic mass is 14.7. The van der Waals surface area contributed by atoms with Crippen molar-refractivity contribution in [3.05, 3.63) is 5.92 Å². The van der Waals surface area contributed by atoms with Gasteiger partial charge < -0.3 is 0 Å². The monoisotopic (exact) mass is 207 g/mol. The zero-order chi connectivity index (χ0) is 11.1. The third-order valence-corrected chi connectivity index (χ3v) is 5.92. The predicted octanol–water partition coefficient (Wildman–Crippen LogP) is 4.99. The molecule has 0 heterocycles. The van der Waals surface area contributed by atoms with Crippen LogP contribution in [0.25, 0.3) is 0 Å². The molecule has 0 amide bonds. The summed E-state index contributed by atoms with van der Waals surface area (Å²) in [6.07, 6.45) is 10.0. The molecule has 0 aliphatic heterocycles. The summed E-state index contributed by atoms with van der Waals surface area (Å²) in [6.45, 7) is 9.65. The van der Waals surface area contributed by atoms with Gasteiger partial charge in [0, 0.05) is 0 Å². The van der Waals surface area contributed by atoms with Gasteiger partial charge in [-0.25, -0.2) is 0 Å². The molecule has 2 saturated carbocycles. The number of hydrogen-bond donors (Lipinski definition) is 0. The Morgan fingerprint density at radius 3 is 2.20 bits per heavy atom. The van der Waals surface area contributed by atoms with E-state index in [-0.39, 0.29) is 0 Å². The molecule has 15 heavy (non-hydrogen) atoms. The second-order valence-corrected chi connectivity index (χ2v) is 5.77. The van der Waals surface area contributed by atoms with Gasteiger partial charge in [0.2, 0.25) is 0 Å². The van der Waals surface area contributed by atoms with Crippen molar-refractivity contribution in [2.45, 2.75) is 72.6 Å². The Balaban J connectivity index is 2.35. The normalized spacial score (nSPS) is 38.8. The van der Waals surface area contributed by atoms with E-state index in [2.05, 4.69) is 27.7 Å². The Kier molecular flexibility index (Phi) is 2.90. The Morgan fingerprint density at radius 2 is 1.73 bits per heavy atom. The van der Waals surface area contributed by atoms with Gasteiger partial charge in [0.15, 0.2) is 0 Å². The van der Waals surface area contributed by atoms with Gasteiger partial charge in [-0.3, -0.25) is 0 Å². The average Bonchev–Trinajstić information content (AvgIpc) is 2.82. The quantitative estimate of drug-likeness (QED) is 0.609. The maximum Gasteiger partial charge on any atom is -0.0118 e. The molecule has 2 rings (SSSR count). The summed E-state index contributed by atoms with van der Waals surface area (Å²) in [4.78, 5) is 0. The first-order valence-electron chi connectivity index (χ1n) is 7.05. The summed E-state index contributed by atoms with van der Waals surface area (Å²) < 4.78 is 0. The van der Waals surface area contributed by atoms with Crippen LogP contribution < -0.4 is 0 Å². The summed E-state index contributed by atoms with van der Waals surface area (Å²) in [6, 6.07) is 0. The molecule has 0 aromatic heterocycles. The Hall–Kier alpha value is 0. The molecule has 2 aliphatic carbocycles. The molecule has 0 heteroatoms. The third-order valence-electron chi connectivity index (χ3n) is 5.92. The van der Waals surface area contributed by atoms with Crippen LogP contribution in [0.4, 0.5) is 0 Å². The van der Waals surface area contributed by atoms with Crippen molar-refractivity contribution < 1.29 is 0 Å². The lowest BCUT2D eigenvalue weighted by atomic mass is 9.57.